The summed E-state index contributed by atoms with van der Waals surface area (Å²) in [6, 6.07) is 15.0. The highest BCUT2D eigenvalue weighted by Crippen LogP contribution is 2.18. The zero-order chi connectivity index (χ0) is 18.9. The maximum Gasteiger partial charge on any atom is 0.319 e. The first-order valence-electron chi connectivity index (χ1n) is 8.06. The zero-order valence-electron chi connectivity index (χ0n) is 14.6. The van der Waals surface area contributed by atoms with Crippen LogP contribution in [-0.4, -0.2) is 24.6 Å². The SMILES string of the molecule is CC(C)NC(=O)Nc1ccc(C(=O)Nc2cccc(OCC#N)c2)cc1. The Morgan fingerprint density at radius 3 is 2.46 bits per heavy atom. The number of anilines is 2. The maximum absolute atomic E-state index is 12.3. The highest BCUT2D eigenvalue weighted by Gasteiger charge is 2.08. The highest BCUT2D eigenvalue weighted by molar-refractivity contribution is 6.04. The summed E-state index contributed by atoms with van der Waals surface area (Å²) in [5.74, 6) is 0.209. The maximum atomic E-state index is 12.3. The number of rotatable bonds is 6. The van der Waals surface area contributed by atoms with E-state index in [1.54, 1.807) is 48.5 Å². The molecule has 0 aromatic heterocycles. The van der Waals surface area contributed by atoms with Crippen molar-refractivity contribution in [2.45, 2.75) is 19.9 Å². The second-order valence-electron chi connectivity index (χ2n) is 5.76. The number of benzene rings is 2. The monoisotopic (exact) mass is 352 g/mol. The summed E-state index contributed by atoms with van der Waals surface area (Å²) in [4.78, 5) is 24.0. The quantitative estimate of drug-likeness (QED) is 0.741. The van der Waals surface area contributed by atoms with Crippen LogP contribution in [0.2, 0.25) is 0 Å². The number of hydrogen-bond donors (Lipinski definition) is 3. The predicted molar refractivity (Wildman–Crippen MR) is 99.2 cm³/mol. The first-order valence-corrected chi connectivity index (χ1v) is 8.06. The predicted octanol–water partition coefficient (Wildman–Crippen LogP) is 3.37. The molecule has 0 fully saturated rings. The molecule has 3 N–H and O–H groups in total. The third kappa shape index (κ3) is 5.83. The van der Waals surface area contributed by atoms with Gasteiger partial charge < -0.3 is 20.7 Å². The molecule has 3 amide bonds. The average Bonchev–Trinajstić information content (AvgIpc) is 2.60. The van der Waals surface area contributed by atoms with Crippen LogP contribution in [-0.2, 0) is 0 Å². The summed E-state index contributed by atoms with van der Waals surface area (Å²) in [5, 5.41) is 16.7. The van der Waals surface area contributed by atoms with Crippen LogP contribution in [0.3, 0.4) is 0 Å². The molecule has 7 heteroatoms. The van der Waals surface area contributed by atoms with E-state index >= 15 is 0 Å². The minimum atomic E-state index is -0.300. The van der Waals surface area contributed by atoms with Gasteiger partial charge in [-0.1, -0.05) is 6.07 Å². The van der Waals surface area contributed by atoms with E-state index in [0.29, 0.717) is 22.7 Å². The van der Waals surface area contributed by atoms with Crippen molar-refractivity contribution in [2.24, 2.45) is 0 Å². The summed E-state index contributed by atoms with van der Waals surface area (Å²) in [6.45, 7) is 3.68. The van der Waals surface area contributed by atoms with Gasteiger partial charge in [-0.05, 0) is 50.2 Å². The first kappa shape index (κ1) is 18.8. The van der Waals surface area contributed by atoms with Crippen LogP contribution in [0, 0.1) is 11.3 Å². The van der Waals surface area contributed by atoms with Crippen molar-refractivity contribution < 1.29 is 14.3 Å². The molecule has 26 heavy (non-hydrogen) atoms. The summed E-state index contributed by atoms with van der Waals surface area (Å²) < 4.78 is 5.20. The smallest absolute Gasteiger partial charge is 0.319 e. The van der Waals surface area contributed by atoms with E-state index < -0.39 is 0 Å². The second kappa shape index (κ2) is 9.08. The van der Waals surface area contributed by atoms with Gasteiger partial charge in [-0.3, -0.25) is 4.79 Å². The lowest BCUT2D eigenvalue weighted by atomic mass is 10.2. The Hall–Kier alpha value is -3.53. The van der Waals surface area contributed by atoms with E-state index in [0.717, 1.165) is 0 Å². The van der Waals surface area contributed by atoms with E-state index in [4.69, 9.17) is 10.00 Å². The van der Waals surface area contributed by atoms with Crippen molar-refractivity contribution in [3.05, 3.63) is 54.1 Å². The second-order valence-corrected chi connectivity index (χ2v) is 5.76. The molecule has 2 aromatic carbocycles. The van der Waals surface area contributed by atoms with Crippen LogP contribution in [0.1, 0.15) is 24.2 Å². The summed E-state index contributed by atoms with van der Waals surface area (Å²) >= 11 is 0. The Bertz CT molecular complexity index is 810. The van der Waals surface area contributed by atoms with E-state index in [1.807, 2.05) is 19.9 Å². The van der Waals surface area contributed by atoms with Crippen molar-refractivity contribution >= 4 is 23.3 Å². The number of nitrogens with zero attached hydrogens (tertiary/aromatic N) is 1. The molecule has 0 aliphatic rings. The summed E-state index contributed by atoms with van der Waals surface area (Å²) in [5.41, 5.74) is 1.60. The Morgan fingerprint density at radius 2 is 1.81 bits per heavy atom. The molecule has 0 bridgehead atoms. The van der Waals surface area contributed by atoms with Crippen LogP contribution >= 0.6 is 0 Å². The molecule has 0 atom stereocenters. The van der Waals surface area contributed by atoms with Gasteiger partial charge in [-0.2, -0.15) is 5.26 Å². The Labute approximate surface area is 152 Å². The minimum absolute atomic E-state index is 0.0351. The number of nitrogens with one attached hydrogen (secondary N) is 3. The van der Waals surface area contributed by atoms with Gasteiger partial charge in [0.2, 0.25) is 0 Å². The standard InChI is InChI=1S/C19H20N4O3/c1-13(2)21-19(25)23-15-8-6-14(7-9-15)18(24)22-16-4-3-5-17(12-16)26-11-10-20/h3-9,12-13H,11H2,1-2H3,(H,22,24)(H2,21,23,25). The van der Waals surface area contributed by atoms with Crippen LogP contribution in [0.5, 0.6) is 5.75 Å². The molecular formula is C19H20N4O3. The third-order valence-electron chi connectivity index (χ3n) is 3.22. The largest absolute Gasteiger partial charge is 0.479 e. The number of ether oxygens (including phenoxy) is 1. The fourth-order valence-electron chi connectivity index (χ4n) is 2.12. The zero-order valence-corrected chi connectivity index (χ0v) is 14.6. The van der Waals surface area contributed by atoms with Gasteiger partial charge in [-0.15, -0.1) is 0 Å². The molecule has 0 radical (unpaired) electrons. The summed E-state index contributed by atoms with van der Waals surface area (Å²) in [7, 11) is 0. The fraction of sp³-hybridized carbons (Fsp3) is 0.211. The van der Waals surface area contributed by atoms with Crippen molar-refractivity contribution in [3.8, 4) is 11.8 Å². The molecule has 0 aliphatic carbocycles. The molecule has 2 rings (SSSR count). The van der Waals surface area contributed by atoms with E-state index in [9.17, 15) is 9.59 Å². The fourth-order valence-corrected chi connectivity index (χ4v) is 2.12. The number of amides is 3. The van der Waals surface area contributed by atoms with Crippen molar-refractivity contribution in [1.29, 1.82) is 5.26 Å². The first-order chi connectivity index (χ1) is 12.5. The molecular weight excluding hydrogens is 332 g/mol. The van der Waals surface area contributed by atoms with E-state index in [-0.39, 0.29) is 24.6 Å². The molecule has 7 nitrogen and oxygen atoms in total. The van der Waals surface area contributed by atoms with Gasteiger partial charge in [0.25, 0.3) is 5.91 Å². The Morgan fingerprint density at radius 1 is 1.08 bits per heavy atom. The van der Waals surface area contributed by atoms with Gasteiger partial charge in [-0.25, -0.2) is 4.79 Å². The summed E-state index contributed by atoms with van der Waals surface area (Å²) in [6.07, 6.45) is 0. The van der Waals surface area contributed by atoms with E-state index in [2.05, 4.69) is 16.0 Å². The number of urea groups is 1. The van der Waals surface area contributed by atoms with Gasteiger partial charge in [0.1, 0.15) is 11.8 Å². The molecule has 0 heterocycles. The number of hydrogen-bond acceptors (Lipinski definition) is 4. The number of carbonyl (C=O) groups is 2. The van der Waals surface area contributed by atoms with Crippen molar-refractivity contribution in [2.75, 3.05) is 17.2 Å². The van der Waals surface area contributed by atoms with Gasteiger partial charge in [0, 0.05) is 29.0 Å². The minimum Gasteiger partial charge on any atom is -0.479 e. The van der Waals surface area contributed by atoms with Gasteiger partial charge >= 0.3 is 6.03 Å². The van der Waals surface area contributed by atoms with Crippen LogP contribution in [0.25, 0.3) is 0 Å². The topological polar surface area (TPSA) is 103 Å². The van der Waals surface area contributed by atoms with Crippen LogP contribution in [0.15, 0.2) is 48.5 Å². The van der Waals surface area contributed by atoms with Crippen molar-refractivity contribution in [3.63, 3.8) is 0 Å². The number of nitriles is 1. The number of carbonyl (C=O) groups excluding carboxylic acids is 2. The van der Waals surface area contributed by atoms with Gasteiger partial charge in [0.05, 0.1) is 0 Å². The molecule has 0 saturated carbocycles. The lowest BCUT2D eigenvalue weighted by Gasteiger charge is -2.11. The third-order valence-corrected chi connectivity index (χ3v) is 3.22. The lowest BCUT2D eigenvalue weighted by Crippen LogP contribution is -2.34. The molecule has 0 spiro atoms. The van der Waals surface area contributed by atoms with Crippen LogP contribution in [0.4, 0.5) is 16.2 Å². The Kier molecular flexibility index (Phi) is 6.57. The normalized spacial score (nSPS) is 9.92. The average molecular weight is 352 g/mol. The van der Waals surface area contributed by atoms with Gasteiger partial charge in [0.15, 0.2) is 6.61 Å². The molecule has 0 aliphatic heterocycles. The highest BCUT2D eigenvalue weighted by atomic mass is 16.5. The van der Waals surface area contributed by atoms with E-state index in [1.165, 1.54) is 0 Å². The lowest BCUT2D eigenvalue weighted by molar-refractivity contribution is 0.102. The molecule has 2 aromatic rings. The van der Waals surface area contributed by atoms with Crippen LogP contribution < -0.4 is 20.7 Å². The van der Waals surface area contributed by atoms with Crippen molar-refractivity contribution in [1.82, 2.24) is 5.32 Å². The molecule has 0 saturated heterocycles. The molecule has 0 unspecified atom stereocenters. The molecule has 134 valence electrons. The Balaban J connectivity index is 1.97.